The molecule has 4 rings (SSSR count). The van der Waals surface area contributed by atoms with Gasteiger partial charge in [-0.05, 0) is 48.9 Å². The number of fused-ring (bicyclic) bond motifs is 1. The highest BCUT2D eigenvalue weighted by molar-refractivity contribution is 5.90. The Bertz CT molecular complexity index is 1360. The molecule has 1 heterocycles. The van der Waals surface area contributed by atoms with Crippen molar-refractivity contribution in [1.29, 1.82) is 0 Å². The second-order valence-corrected chi connectivity index (χ2v) is 7.65. The summed E-state index contributed by atoms with van der Waals surface area (Å²) in [5.74, 6) is 0.318. The lowest BCUT2D eigenvalue weighted by Crippen LogP contribution is -2.31. The Morgan fingerprint density at radius 2 is 1.60 bits per heavy atom. The standard InChI is InChI=1S/C26H23F2N3O4/c1-15(16-4-6-17(27)7-5-16)30-26(32)31-18-8-9-23(20(28)12-18)35-22-10-11-29-21-14-25(34-3)24(33-2)13-19(21)22/h4-15H,1-3H3,(H2,30,31,32)/t15-/m0/s1. The van der Waals surface area contributed by atoms with Crippen molar-refractivity contribution in [2.45, 2.75) is 13.0 Å². The highest BCUT2D eigenvalue weighted by Crippen LogP contribution is 2.37. The van der Waals surface area contributed by atoms with E-state index in [4.69, 9.17) is 14.2 Å². The Morgan fingerprint density at radius 1 is 0.886 bits per heavy atom. The van der Waals surface area contributed by atoms with Crippen molar-refractivity contribution in [3.8, 4) is 23.0 Å². The number of carbonyl (C=O) groups is 1. The van der Waals surface area contributed by atoms with Crippen molar-refractivity contribution >= 4 is 22.6 Å². The predicted octanol–water partition coefficient (Wildman–Crippen LogP) is 6.21. The van der Waals surface area contributed by atoms with Gasteiger partial charge < -0.3 is 24.8 Å². The van der Waals surface area contributed by atoms with Crippen LogP contribution in [0.4, 0.5) is 19.3 Å². The first-order chi connectivity index (χ1) is 16.9. The number of nitrogens with one attached hydrogen (secondary N) is 2. The minimum Gasteiger partial charge on any atom is -0.493 e. The summed E-state index contributed by atoms with van der Waals surface area (Å²) in [5.41, 5.74) is 1.56. The molecular formula is C26H23F2N3O4. The maximum atomic E-state index is 14.8. The van der Waals surface area contributed by atoms with E-state index in [0.717, 1.165) is 11.6 Å². The normalized spacial score (nSPS) is 11.6. The third kappa shape index (κ3) is 5.40. The molecule has 0 aliphatic carbocycles. The van der Waals surface area contributed by atoms with Gasteiger partial charge in [0.15, 0.2) is 23.1 Å². The lowest BCUT2D eigenvalue weighted by molar-refractivity contribution is 0.249. The van der Waals surface area contributed by atoms with Gasteiger partial charge in [0.2, 0.25) is 0 Å². The summed E-state index contributed by atoms with van der Waals surface area (Å²) in [5, 5.41) is 5.92. The average molecular weight is 479 g/mol. The highest BCUT2D eigenvalue weighted by Gasteiger charge is 2.15. The molecule has 35 heavy (non-hydrogen) atoms. The molecule has 1 aromatic heterocycles. The van der Waals surface area contributed by atoms with Gasteiger partial charge in [-0.3, -0.25) is 4.98 Å². The zero-order valence-corrected chi connectivity index (χ0v) is 19.3. The van der Waals surface area contributed by atoms with Crippen molar-refractivity contribution in [1.82, 2.24) is 10.3 Å². The SMILES string of the molecule is COc1cc2nccc(Oc3ccc(NC(=O)N[C@@H](C)c4ccc(F)cc4)cc3F)c2cc1OC. The number of ether oxygens (including phenoxy) is 3. The largest absolute Gasteiger partial charge is 0.493 e. The Labute approximate surface area is 200 Å². The maximum absolute atomic E-state index is 14.8. The molecule has 2 N–H and O–H groups in total. The zero-order chi connectivity index (χ0) is 24.9. The van der Waals surface area contributed by atoms with Crippen LogP contribution in [-0.4, -0.2) is 25.2 Å². The van der Waals surface area contributed by atoms with Crippen molar-refractivity contribution in [3.05, 3.63) is 84.1 Å². The van der Waals surface area contributed by atoms with Crippen molar-refractivity contribution in [2.24, 2.45) is 0 Å². The van der Waals surface area contributed by atoms with Crippen LogP contribution in [0.5, 0.6) is 23.0 Å². The number of carbonyl (C=O) groups excluding carboxylic acids is 1. The molecule has 0 aliphatic heterocycles. The lowest BCUT2D eigenvalue weighted by atomic mass is 10.1. The van der Waals surface area contributed by atoms with E-state index in [1.165, 1.54) is 38.5 Å². The number of nitrogens with zero attached hydrogens (tertiary/aromatic N) is 1. The number of anilines is 1. The molecule has 180 valence electrons. The number of aromatic nitrogens is 1. The Hall–Kier alpha value is -4.40. The minimum atomic E-state index is -0.667. The summed E-state index contributed by atoms with van der Waals surface area (Å²) in [7, 11) is 3.04. The molecule has 2 amide bonds. The van der Waals surface area contributed by atoms with Gasteiger partial charge in [0, 0.05) is 29.4 Å². The van der Waals surface area contributed by atoms with Gasteiger partial charge in [-0.2, -0.15) is 0 Å². The number of halogens is 2. The monoisotopic (exact) mass is 479 g/mol. The summed E-state index contributed by atoms with van der Waals surface area (Å²) < 4.78 is 44.4. The topological polar surface area (TPSA) is 81.7 Å². The summed E-state index contributed by atoms with van der Waals surface area (Å²) in [6.07, 6.45) is 1.55. The fourth-order valence-electron chi connectivity index (χ4n) is 3.51. The Morgan fingerprint density at radius 3 is 2.29 bits per heavy atom. The molecule has 0 radical (unpaired) electrons. The van der Waals surface area contributed by atoms with Crippen LogP contribution in [0.25, 0.3) is 10.9 Å². The van der Waals surface area contributed by atoms with E-state index in [-0.39, 0.29) is 23.3 Å². The molecule has 3 aromatic carbocycles. The number of hydrogen-bond acceptors (Lipinski definition) is 5. The zero-order valence-electron chi connectivity index (χ0n) is 19.3. The van der Waals surface area contributed by atoms with Crippen LogP contribution < -0.4 is 24.8 Å². The lowest BCUT2D eigenvalue weighted by Gasteiger charge is -2.16. The molecule has 7 nitrogen and oxygen atoms in total. The third-order valence-electron chi connectivity index (χ3n) is 5.33. The van der Waals surface area contributed by atoms with Crippen molar-refractivity contribution in [3.63, 3.8) is 0 Å². The quantitative estimate of drug-likeness (QED) is 0.330. The number of methoxy groups -OCH3 is 2. The second-order valence-electron chi connectivity index (χ2n) is 7.65. The predicted molar refractivity (Wildman–Crippen MR) is 128 cm³/mol. The van der Waals surface area contributed by atoms with E-state index in [1.807, 2.05) is 0 Å². The molecular weight excluding hydrogens is 456 g/mol. The molecule has 0 spiro atoms. The number of amides is 2. The van der Waals surface area contributed by atoms with Gasteiger partial charge >= 0.3 is 6.03 Å². The number of benzene rings is 3. The highest BCUT2D eigenvalue weighted by atomic mass is 19.1. The van der Waals surface area contributed by atoms with E-state index in [2.05, 4.69) is 15.6 Å². The van der Waals surface area contributed by atoms with Gasteiger partial charge in [0.25, 0.3) is 0 Å². The first kappa shape index (κ1) is 23.7. The van der Waals surface area contributed by atoms with Gasteiger partial charge in [-0.25, -0.2) is 13.6 Å². The molecule has 4 aromatic rings. The van der Waals surface area contributed by atoms with Crippen LogP contribution in [0.3, 0.4) is 0 Å². The molecule has 0 fully saturated rings. The molecule has 0 aliphatic rings. The molecule has 0 bridgehead atoms. The first-order valence-corrected chi connectivity index (χ1v) is 10.7. The third-order valence-corrected chi connectivity index (χ3v) is 5.33. The summed E-state index contributed by atoms with van der Waals surface area (Å²) >= 11 is 0. The molecule has 9 heteroatoms. The van der Waals surface area contributed by atoms with Crippen LogP contribution >= 0.6 is 0 Å². The number of hydrogen-bond donors (Lipinski definition) is 2. The summed E-state index contributed by atoms with van der Waals surface area (Å²) in [4.78, 5) is 16.6. The molecule has 0 saturated carbocycles. The molecule has 0 saturated heterocycles. The van der Waals surface area contributed by atoms with Gasteiger partial charge in [-0.15, -0.1) is 0 Å². The molecule has 0 unspecified atom stereocenters. The fourth-order valence-corrected chi connectivity index (χ4v) is 3.51. The fraction of sp³-hybridized carbons (Fsp3) is 0.154. The smallest absolute Gasteiger partial charge is 0.319 e. The van der Waals surface area contributed by atoms with E-state index in [0.29, 0.717) is 28.2 Å². The number of urea groups is 1. The maximum Gasteiger partial charge on any atom is 0.319 e. The van der Waals surface area contributed by atoms with Crippen molar-refractivity contribution in [2.75, 3.05) is 19.5 Å². The van der Waals surface area contributed by atoms with E-state index >= 15 is 0 Å². The van der Waals surface area contributed by atoms with E-state index in [1.54, 1.807) is 43.5 Å². The summed E-state index contributed by atoms with van der Waals surface area (Å²) in [6, 6.07) is 14.0. The van der Waals surface area contributed by atoms with Gasteiger partial charge in [0.1, 0.15) is 11.6 Å². The van der Waals surface area contributed by atoms with Gasteiger partial charge in [0.05, 0.1) is 25.8 Å². The van der Waals surface area contributed by atoms with E-state index in [9.17, 15) is 13.6 Å². The van der Waals surface area contributed by atoms with Crippen LogP contribution in [0.2, 0.25) is 0 Å². The van der Waals surface area contributed by atoms with Crippen molar-refractivity contribution < 1.29 is 27.8 Å². The second kappa shape index (κ2) is 10.3. The van der Waals surface area contributed by atoms with Crippen LogP contribution in [-0.2, 0) is 0 Å². The van der Waals surface area contributed by atoms with Crippen LogP contribution in [0.1, 0.15) is 18.5 Å². The Balaban J connectivity index is 1.48. The first-order valence-electron chi connectivity index (χ1n) is 10.7. The minimum absolute atomic E-state index is 0.0297. The van der Waals surface area contributed by atoms with Crippen LogP contribution in [0, 0.1) is 11.6 Å². The van der Waals surface area contributed by atoms with E-state index < -0.39 is 11.8 Å². The molecule has 1 atom stereocenters. The average Bonchev–Trinajstić information content (AvgIpc) is 2.85. The number of pyridine rings is 1. The summed E-state index contributed by atoms with van der Waals surface area (Å²) in [6.45, 7) is 1.76. The van der Waals surface area contributed by atoms with Gasteiger partial charge in [-0.1, -0.05) is 12.1 Å². The number of rotatable bonds is 7. The van der Waals surface area contributed by atoms with Crippen LogP contribution in [0.15, 0.2) is 66.9 Å². The Kier molecular flexibility index (Phi) is 6.96.